The van der Waals surface area contributed by atoms with Crippen LogP contribution in [0, 0.1) is 22.7 Å². The zero-order valence-electron chi connectivity index (χ0n) is 23.7. The van der Waals surface area contributed by atoms with Crippen molar-refractivity contribution >= 4 is 27.1 Å². The minimum absolute atomic E-state index is 0. The van der Waals surface area contributed by atoms with Crippen molar-refractivity contribution in [3.8, 4) is 23.5 Å². The predicted molar refractivity (Wildman–Crippen MR) is 152 cm³/mol. The average molecular weight is 813 g/mol. The molecule has 0 atom stereocenters. The van der Waals surface area contributed by atoms with Gasteiger partial charge >= 0.3 is 85.5 Å². The molecule has 0 aliphatic rings. The van der Waals surface area contributed by atoms with Crippen LogP contribution in [0.1, 0.15) is 13.8 Å². The van der Waals surface area contributed by atoms with Crippen LogP contribution in [-0.4, -0.2) is 15.0 Å². The minimum Gasteiger partial charge on any atom is -0.255 e. The summed E-state index contributed by atoms with van der Waals surface area (Å²) in [6.45, 7) is 2.86. The normalized spacial score (nSPS) is 12.9. The van der Waals surface area contributed by atoms with Crippen LogP contribution in [-0.2, 0) is 19.5 Å². The monoisotopic (exact) mass is 813 g/mol. The van der Waals surface area contributed by atoms with E-state index < -0.39 is 15.6 Å². The van der Waals surface area contributed by atoms with Gasteiger partial charge in [-0.3, -0.25) is 9.97 Å². The molecule has 4 rings (SSSR count). The maximum Gasteiger partial charge on any atom is 2.00 e. The molecule has 0 amide bonds. The third-order valence-electron chi connectivity index (χ3n) is 3.27. The molecule has 0 unspecified atom stereocenters. The molecule has 0 bridgehead atoms. The third kappa shape index (κ3) is 49.0. The Labute approximate surface area is 273 Å². The molecule has 7 nitrogen and oxygen atoms in total. The van der Waals surface area contributed by atoms with Crippen LogP contribution in [0.5, 0.6) is 0 Å². The van der Waals surface area contributed by atoms with Gasteiger partial charge in [-0.25, -0.2) is 4.98 Å². The van der Waals surface area contributed by atoms with E-state index in [-0.39, 0.29) is 19.5 Å². The summed E-state index contributed by atoms with van der Waals surface area (Å²) in [7, 11) is -21.3. The van der Waals surface area contributed by atoms with Crippen LogP contribution in [0.15, 0.2) is 114 Å². The maximum absolute atomic E-state index is 10.7. The van der Waals surface area contributed by atoms with Gasteiger partial charge in [0.2, 0.25) is 0 Å². The topological polar surface area (TPSA) is 111 Å². The summed E-state index contributed by atoms with van der Waals surface area (Å²) in [6.07, 6.45) is 5.23. The Morgan fingerprint density at radius 3 is 1.06 bits per heavy atom. The van der Waals surface area contributed by atoms with E-state index in [0.29, 0.717) is 5.82 Å². The first-order valence-corrected chi connectivity index (χ1v) is 15.7. The van der Waals surface area contributed by atoms with Gasteiger partial charge in [0.15, 0.2) is 5.82 Å². The second-order valence-electron chi connectivity index (χ2n) is 7.52. The van der Waals surface area contributed by atoms with Crippen molar-refractivity contribution in [1.82, 2.24) is 15.0 Å². The van der Waals surface area contributed by atoms with Gasteiger partial charge in [0.25, 0.3) is 0 Å². The second kappa shape index (κ2) is 18.3. The average Bonchev–Trinajstić information content (AvgIpc) is 2.92. The van der Waals surface area contributed by atoms with E-state index in [1.807, 2.05) is 84.9 Å². The number of rotatable bonds is 3. The molecule has 0 aliphatic heterocycles. The third-order valence-corrected chi connectivity index (χ3v) is 3.27. The first kappa shape index (κ1) is 47.3. The summed E-state index contributed by atoms with van der Waals surface area (Å²) in [5, 5.41) is 22.7. The smallest absolute Gasteiger partial charge is 0.255 e. The van der Waals surface area contributed by atoms with Gasteiger partial charge in [-0.05, 0) is 48.5 Å². The van der Waals surface area contributed by atoms with E-state index >= 15 is 0 Å². The standard InChI is InChI=1S/C11H9N3.C10H8N2.2C2H3N.2F6P.Ru/c1-2-6-10(7-3-1)13-14-11-8-4-5-9-12-11;1-3-7-11-9(5-1)10-6-2-4-8-12-10;2*1-2-3;2*1-7(2,3,4,5)6;/h1-9H;1-8H;2*1H3;;;/q;;;;2*-1;+2. The Kier molecular flexibility index (Phi) is 18.4. The van der Waals surface area contributed by atoms with Crippen LogP contribution in [0.2, 0.25) is 0 Å². The van der Waals surface area contributed by atoms with E-state index in [0.717, 1.165) is 17.1 Å². The molecule has 22 heteroatoms. The van der Waals surface area contributed by atoms with Crippen molar-refractivity contribution in [2.24, 2.45) is 10.2 Å². The minimum atomic E-state index is -10.7. The number of hydrogen-bond donors (Lipinski definition) is 0. The van der Waals surface area contributed by atoms with Gasteiger partial charge in [-0.15, -0.1) is 10.2 Å². The molecule has 0 saturated carbocycles. The summed E-state index contributed by atoms with van der Waals surface area (Å²) in [4.78, 5) is 12.4. The second-order valence-corrected chi connectivity index (χ2v) is 11.4. The van der Waals surface area contributed by atoms with Crippen LogP contribution >= 0.6 is 15.6 Å². The molecule has 3 aromatic heterocycles. The number of halogens is 12. The summed E-state index contributed by atoms with van der Waals surface area (Å²) in [5.74, 6) is 0.622. The number of nitrogens with zero attached hydrogens (tertiary/aromatic N) is 7. The number of pyridine rings is 3. The summed E-state index contributed by atoms with van der Waals surface area (Å²) in [5.41, 5.74) is 2.66. The van der Waals surface area contributed by atoms with Crippen molar-refractivity contribution in [3.05, 3.63) is 104 Å². The molecule has 0 radical (unpaired) electrons. The van der Waals surface area contributed by atoms with Crippen molar-refractivity contribution in [1.29, 1.82) is 10.5 Å². The van der Waals surface area contributed by atoms with E-state index in [2.05, 4.69) is 25.2 Å². The summed E-state index contributed by atoms with van der Waals surface area (Å²) in [6, 6.07) is 30.2. The number of hydrogen-bond acceptors (Lipinski definition) is 7. The molecule has 0 spiro atoms. The van der Waals surface area contributed by atoms with E-state index in [1.54, 1.807) is 30.7 Å². The molecule has 0 N–H and O–H groups in total. The fraction of sp³-hybridized carbons (Fsp3) is 0.0800. The Hall–Kier alpha value is -4.11. The molecule has 260 valence electrons. The Bertz CT molecular complexity index is 1400. The number of nitriles is 2. The fourth-order valence-corrected chi connectivity index (χ4v) is 2.05. The maximum atomic E-state index is 9.87. The predicted octanol–water partition coefficient (Wildman–Crippen LogP) is 13.5. The van der Waals surface area contributed by atoms with Gasteiger partial charge in [-0.1, -0.05) is 36.4 Å². The van der Waals surface area contributed by atoms with Gasteiger partial charge < -0.3 is 0 Å². The SMILES string of the molecule is CC#N.CC#N.F[P-](F)(F)(F)(F)F.F[P-](F)(F)(F)(F)F.[Ru+2].c1ccc(-c2ccccn2)nc1.c1ccc(N=Nc2ccccn2)cc1. The van der Waals surface area contributed by atoms with E-state index in [1.165, 1.54) is 13.8 Å². The number of azo groups is 1. The quantitative estimate of drug-likeness (QED) is 0.0885. The van der Waals surface area contributed by atoms with Crippen LogP contribution in [0.4, 0.5) is 61.9 Å². The Balaban J connectivity index is -0.000000535. The Morgan fingerprint density at radius 2 is 0.787 bits per heavy atom. The van der Waals surface area contributed by atoms with Gasteiger partial charge in [0, 0.05) is 32.4 Å². The Morgan fingerprint density at radius 1 is 0.489 bits per heavy atom. The van der Waals surface area contributed by atoms with Crippen LogP contribution in [0.3, 0.4) is 0 Å². The molecule has 0 aliphatic carbocycles. The van der Waals surface area contributed by atoms with Crippen LogP contribution < -0.4 is 0 Å². The fourth-order valence-electron chi connectivity index (χ4n) is 2.05. The van der Waals surface area contributed by atoms with Crippen molar-refractivity contribution in [2.75, 3.05) is 0 Å². The van der Waals surface area contributed by atoms with Gasteiger partial charge in [-0.2, -0.15) is 10.5 Å². The van der Waals surface area contributed by atoms with Crippen molar-refractivity contribution < 1.29 is 69.8 Å². The largest absolute Gasteiger partial charge is 2.00 e. The summed E-state index contributed by atoms with van der Waals surface area (Å²) >= 11 is 0. The number of benzene rings is 1. The van der Waals surface area contributed by atoms with Gasteiger partial charge in [0.1, 0.15) is 0 Å². The van der Waals surface area contributed by atoms with Crippen molar-refractivity contribution in [3.63, 3.8) is 0 Å². The van der Waals surface area contributed by atoms with Crippen molar-refractivity contribution in [2.45, 2.75) is 13.8 Å². The molecule has 0 fully saturated rings. The molecule has 4 aromatic rings. The van der Waals surface area contributed by atoms with Gasteiger partial charge in [0.05, 0.1) is 29.2 Å². The number of aromatic nitrogens is 3. The summed E-state index contributed by atoms with van der Waals surface area (Å²) < 4.78 is 118. The zero-order valence-corrected chi connectivity index (χ0v) is 27.3. The van der Waals surface area contributed by atoms with E-state index in [9.17, 15) is 50.4 Å². The molecular weight excluding hydrogens is 789 g/mol. The first-order valence-electron chi connectivity index (χ1n) is 11.6. The molecule has 1 aromatic carbocycles. The zero-order chi connectivity index (χ0) is 36.1. The first-order chi connectivity index (χ1) is 20.6. The van der Waals surface area contributed by atoms with E-state index in [4.69, 9.17) is 10.5 Å². The molecular formula is C25H23F12N7P2Ru. The molecule has 47 heavy (non-hydrogen) atoms. The van der Waals surface area contributed by atoms with Crippen LogP contribution in [0.25, 0.3) is 11.4 Å². The molecule has 0 saturated heterocycles. The molecule has 3 heterocycles.